The average molecular weight is 280 g/mol. The van der Waals surface area contributed by atoms with Crippen LogP contribution in [-0.4, -0.2) is 17.8 Å². The molecule has 1 atom stereocenters. The summed E-state index contributed by atoms with van der Waals surface area (Å²) in [5.41, 5.74) is 0.344. The van der Waals surface area contributed by atoms with Crippen molar-refractivity contribution in [2.24, 2.45) is 0 Å². The highest BCUT2D eigenvalue weighted by atomic mass is 19.1. The maximum Gasteiger partial charge on any atom is 0.128 e. The Labute approximate surface area is 121 Å². The molecule has 1 aromatic rings. The van der Waals surface area contributed by atoms with Crippen LogP contribution in [0, 0.1) is 5.82 Å². The van der Waals surface area contributed by atoms with E-state index in [2.05, 4.69) is 20.8 Å². The minimum absolute atomic E-state index is 0.0729. The van der Waals surface area contributed by atoms with Crippen LogP contribution in [0.5, 0.6) is 0 Å². The number of hydrogen-bond donors (Lipinski definition) is 0. The van der Waals surface area contributed by atoms with Gasteiger partial charge in [-0.15, -0.1) is 0 Å². The molecule has 20 heavy (non-hydrogen) atoms. The van der Waals surface area contributed by atoms with Crippen LogP contribution >= 0.6 is 0 Å². The molecule has 0 bridgehead atoms. The zero-order valence-electron chi connectivity index (χ0n) is 12.7. The number of hydrogen-bond acceptors (Lipinski definition) is 2. The van der Waals surface area contributed by atoms with Gasteiger partial charge in [0.05, 0.1) is 24.4 Å². The fourth-order valence-electron chi connectivity index (χ4n) is 2.98. The molecule has 1 aliphatic heterocycles. The molecule has 1 heterocycles. The van der Waals surface area contributed by atoms with Crippen molar-refractivity contribution in [1.29, 1.82) is 0 Å². The third-order valence-corrected chi connectivity index (χ3v) is 3.96. The van der Waals surface area contributed by atoms with Crippen LogP contribution in [0.3, 0.4) is 0 Å². The second-order valence-corrected chi connectivity index (χ2v) is 6.38. The van der Waals surface area contributed by atoms with Crippen molar-refractivity contribution in [3.05, 3.63) is 35.6 Å². The summed E-state index contributed by atoms with van der Waals surface area (Å²) in [6.07, 6.45) is 4.13. The average Bonchev–Trinajstić information content (AvgIpc) is 2.68. The number of benzene rings is 1. The SMILES string of the molecule is CCCC1(COCc2ccccc2F)CCC(C)(C)O1. The van der Waals surface area contributed by atoms with Gasteiger partial charge < -0.3 is 9.47 Å². The highest BCUT2D eigenvalue weighted by molar-refractivity contribution is 5.16. The summed E-state index contributed by atoms with van der Waals surface area (Å²) in [4.78, 5) is 0. The molecule has 3 heteroatoms. The van der Waals surface area contributed by atoms with E-state index >= 15 is 0 Å². The quantitative estimate of drug-likeness (QED) is 0.765. The molecular weight excluding hydrogens is 255 g/mol. The van der Waals surface area contributed by atoms with Gasteiger partial charge in [-0.2, -0.15) is 0 Å². The van der Waals surface area contributed by atoms with Gasteiger partial charge in [0.15, 0.2) is 0 Å². The van der Waals surface area contributed by atoms with Gasteiger partial charge in [0.25, 0.3) is 0 Å². The van der Waals surface area contributed by atoms with E-state index in [1.807, 2.05) is 6.07 Å². The fourth-order valence-corrected chi connectivity index (χ4v) is 2.98. The lowest BCUT2D eigenvalue weighted by Crippen LogP contribution is -2.37. The number of halogens is 1. The molecule has 112 valence electrons. The minimum Gasteiger partial charge on any atom is -0.374 e. The lowest BCUT2D eigenvalue weighted by atomic mass is 9.94. The molecule has 1 fully saturated rings. The van der Waals surface area contributed by atoms with E-state index in [9.17, 15) is 4.39 Å². The second-order valence-electron chi connectivity index (χ2n) is 6.38. The van der Waals surface area contributed by atoms with Gasteiger partial charge in [-0.1, -0.05) is 31.5 Å². The number of rotatable bonds is 6. The molecule has 1 unspecified atom stereocenters. The van der Waals surface area contributed by atoms with Crippen LogP contribution in [0.25, 0.3) is 0 Å². The van der Waals surface area contributed by atoms with E-state index in [4.69, 9.17) is 9.47 Å². The third-order valence-electron chi connectivity index (χ3n) is 3.96. The van der Waals surface area contributed by atoms with Crippen molar-refractivity contribution in [3.63, 3.8) is 0 Å². The highest BCUT2D eigenvalue weighted by Crippen LogP contribution is 2.40. The van der Waals surface area contributed by atoms with Crippen LogP contribution in [0.4, 0.5) is 4.39 Å². The third kappa shape index (κ3) is 3.80. The summed E-state index contributed by atoms with van der Waals surface area (Å²) in [6.45, 7) is 7.26. The standard InChI is InChI=1S/C17H25FO2/c1-4-9-17(11-10-16(2,3)20-17)13-19-12-14-7-5-6-8-15(14)18/h5-8H,4,9-13H2,1-3H3. The van der Waals surface area contributed by atoms with Crippen LogP contribution in [0.15, 0.2) is 24.3 Å². The zero-order chi connectivity index (χ0) is 14.6. The van der Waals surface area contributed by atoms with Crippen molar-refractivity contribution in [3.8, 4) is 0 Å². The minimum atomic E-state index is -0.204. The molecule has 1 saturated heterocycles. The normalized spacial score (nSPS) is 25.0. The number of ether oxygens (including phenoxy) is 2. The molecule has 2 rings (SSSR count). The maximum absolute atomic E-state index is 13.5. The van der Waals surface area contributed by atoms with Gasteiger partial charge in [0.1, 0.15) is 5.82 Å². The first-order chi connectivity index (χ1) is 9.46. The largest absolute Gasteiger partial charge is 0.374 e. The first-order valence-corrected chi connectivity index (χ1v) is 7.48. The van der Waals surface area contributed by atoms with E-state index in [0.717, 1.165) is 25.7 Å². The fraction of sp³-hybridized carbons (Fsp3) is 0.647. The first kappa shape index (κ1) is 15.5. The Bertz CT molecular complexity index is 444. The lowest BCUT2D eigenvalue weighted by Gasteiger charge is -2.31. The maximum atomic E-state index is 13.5. The molecule has 0 N–H and O–H groups in total. The van der Waals surface area contributed by atoms with Crippen molar-refractivity contribution >= 4 is 0 Å². The molecule has 0 radical (unpaired) electrons. The summed E-state index contributed by atoms with van der Waals surface area (Å²) >= 11 is 0. The Morgan fingerprint density at radius 3 is 2.60 bits per heavy atom. The monoisotopic (exact) mass is 280 g/mol. The Kier molecular flexibility index (Phi) is 4.82. The Balaban J connectivity index is 1.92. The van der Waals surface area contributed by atoms with Crippen LogP contribution in [0.1, 0.15) is 52.0 Å². The summed E-state index contributed by atoms with van der Waals surface area (Å²) in [7, 11) is 0. The van der Waals surface area contributed by atoms with Gasteiger partial charge in [-0.3, -0.25) is 0 Å². The topological polar surface area (TPSA) is 18.5 Å². The zero-order valence-corrected chi connectivity index (χ0v) is 12.7. The Morgan fingerprint density at radius 1 is 1.25 bits per heavy atom. The van der Waals surface area contributed by atoms with E-state index in [1.165, 1.54) is 6.07 Å². The summed E-state index contributed by atoms with van der Waals surface area (Å²) in [5.74, 6) is -0.204. The highest BCUT2D eigenvalue weighted by Gasteiger charge is 2.43. The predicted octanol–water partition coefficient (Wildman–Crippen LogP) is 4.47. The molecule has 0 spiro atoms. The summed E-state index contributed by atoms with van der Waals surface area (Å²) in [5, 5.41) is 0. The van der Waals surface area contributed by atoms with Crippen molar-refractivity contribution in [2.45, 2.75) is 64.3 Å². The molecule has 2 nitrogen and oxygen atoms in total. The molecule has 0 aliphatic carbocycles. The van der Waals surface area contributed by atoms with Crippen LogP contribution < -0.4 is 0 Å². The Hall–Kier alpha value is -0.930. The van der Waals surface area contributed by atoms with Gasteiger partial charge in [-0.25, -0.2) is 4.39 Å². The smallest absolute Gasteiger partial charge is 0.128 e. The summed E-state index contributed by atoms with van der Waals surface area (Å²) in [6, 6.07) is 6.76. The van der Waals surface area contributed by atoms with Crippen LogP contribution in [-0.2, 0) is 16.1 Å². The Morgan fingerprint density at radius 2 is 2.00 bits per heavy atom. The predicted molar refractivity (Wildman–Crippen MR) is 78.1 cm³/mol. The van der Waals surface area contributed by atoms with Crippen molar-refractivity contribution in [1.82, 2.24) is 0 Å². The molecular formula is C17H25FO2. The van der Waals surface area contributed by atoms with Gasteiger partial charge in [-0.05, 0) is 39.2 Å². The van der Waals surface area contributed by atoms with E-state index in [0.29, 0.717) is 18.8 Å². The van der Waals surface area contributed by atoms with E-state index < -0.39 is 0 Å². The van der Waals surface area contributed by atoms with Gasteiger partial charge in [0, 0.05) is 5.56 Å². The molecule has 0 saturated carbocycles. The summed E-state index contributed by atoms with van der Waals surface area (Å²) < 4.78 is 25.5. The second kappa shape index (κ2) is 6.23. The van der Waals surface area contributed by atoms with E-state index in [-0.39, 0.29) is 17.0 Å². The molecule has 1 aliphatic rings. The van der Waals surface area contributed by atoms with Gasteiger partial charge >= 0.3 is 0 Å². The van der Waals surface area contributed by atoms with Crippen LogP contribution in [0.2, 0.25) is 0 Å². The molecule has 0 amide bonds. The van der Waals surface area contributed by atoms with Crippen molar-refractivity contribution < 1.29 is 13.9 Å². The lowest BCUT2D eigenvalue weighted by molar-refractivity contribution is -0.129. The van der Waals surface area contributed by atoms with Gasteiger partial charge in [0.2, 0.25) is 0 Å². The van der Waals surface area contributed by atoms with Crippen molar-refractivity contribution in [2.75, 3.05) is 6.61 Å². The molecule has 1 aromatic carbocycles. The molecule has 0 aromatic heterocycles. The first-order valence-electron chi connectivity index (χ1n) is 7.48. The van der Waals surface area contributed by atoms with E-state index in [1.54, 1.807) is 12.1 Å².